The van der Waals surface area contributed by atoms with Crippen LogP contribution in [0.2, 0.25) is 0 Å². The highest BCUT2D eigenvalue weighted by molar-refractivity contribution is 6.03. The number of carbonyl (C=O) groups is 2. The number of nitrogens with one attached hydrogen (secondary N) is 1. The van der Waals surface area contributed by atoms with E-state index in [0.29, 0.717) is 24.3 Å². The predicted octanol–water partition coefficient (Wildman–Crippen LogP) is 2.11. The summed E-state index contributed by atoms with van der Waals surface area (Å²) in [6.07, 6.45) is 4.32. The van der Waals surface area contributed by atoms with Crippen molar-refractivity contribution in [2.75, 3.05) is 13.2 Å². The summed E-state index contributed by atoms with van der Waals surface area (Å²) in [7, 11) is 0. The second kappa shape index (κ2) is 5.75. The predicted molar refractivity (Wildman–Crippen MR) is 75.0 cm³/mol. The van der Waals surface area contributed by atoms with Gasteiger partial charge in [0.1, 0.15) is 6.10 Å². The molecule has 106 valence electrons. The number of fused-ring (bicyclic) bond motifs is 1. The van der Waals surface area contributed by atoms with E-state index >= 15 is 0 Å². The van der Waals surface area contributed by atoms with E-state index < -0.39 is 0 Å². The molecule has 4 nitrogen and oxygen atoms in total. The Hall–Kier alpha value is -1.68. The number of aryl methyl sites for hydroxylation is 1. The Kier molecular flexibility index (Phi) is 3.83. The molecule has 1 saturated heterocycles. The molecule has 1 N–H and O–H groups in total. The Bertz CT molecular complexity index is 533. The van der Waals surface area contributed by atoms with E-state index in [4.69, 9.17) is 4.74 Å². The molecule has 0 spiro atoms. The maximum atomic E-state index is 12.4. The summed E-state index contributed by atoms with van der Waals surface area (Å²) < 4.78 is 5.54. The fourth-order valence-electron chi connectivity index (χ4n) is 2.87. The van der Waals surface area contributed by atoms with E-state index in [0.717, 1.165) is 37.7 Å². The highest BCUT2D eigenvalue weighted by atomic mass is 16.5. The molecule has 1 amide bonds. The average molecular weight is 273 g/mol. The molecule has 2 heterocycles. The van der Waals surface area contributed by atoms with Crippen molar-refractivity contribution in [1.29, 1.82) is 0 Å². The minimum Gasteiger partial charge on any atom is -0.370 e. The first-order valence-electron chi connectivity index (χ1n) is 7.32. The third-order valence-corrected chi connectivity index (χ3v) is 4.02. The fraction of sp³-hybridized carbons (Fsp3) is 0.500. The lowest BCUT2D eigenvalue weighted by atomic mass is 9.95. The van der Waals surface area contributed by atoms with Crippen LogP contribution in [0.1, 0.15) is 52.0 Å². The van der Waals surface area contributed by atoms with E-state index in [1.807, 2.05) is 12.1 Å². The van der Waals surface area contributed by atoms with Gasteiger partial charge in [0, 0.05) is 24.3 Å². The molecule has 0 bridgehead atoms. The normalized spacial score (nSPS) is 22.6. The molecule has 1 aromatic rings. The van der Waals surface area contributed by atoms with Gasteiger partial charge in [-0.2, -0.15) is 0 Å². The zero-order valence-electron chi connectivity index (χ0n) is 11.5. The molecule has 0 saturated carbocycles. The zero-order valence-corrected chi connectivity index (χ0v) is 11.5. The quantitative estimate of drug-likeness (QED) is 0.840. The van der Waals surface area contributed by atoms with Gasteiger partial charge in [-0.05, 0) is 43.7 Å². The lowest BCUT2D eigenvalue weighted by molar-refractivity contribution is 0.0186. The first kappa shape index (κ1) is 13.3. The SMILES string of the molecule is O=C1NCCCc2ccc(C(=O)C3CCCCO3)cc21. The van der Waals surface area contributed by atoms with Crippen molar-refractivity contribution in [3.05, 3.63) is 34.9 Å². The van der Waals surface area contributed by atoms with Crippen molar-refractivity contribution >= 4 is 11.7 Å². The summed E-state index contributed by atoms with van der Waals surface area (Å²) in [4.78, 5) is 24.4. The Morgan fingerprint density at radius 1 is 1.25 bits per heavy atom. The van der Waals surface area contributed by atoms with E-state index in [-0.39, 0.29) is 17.8 Å². The summed E-state index contributed by atoms with van der Waals surface area (Å²) >= 11 is 0. The van der Waals surface area contributed by atoms with Crippen LogP contribution >= 0.6 is 0 Å². The second-order valence-corrected chi connectivity index (χ2v) is 5.45. The van der Waals surface area contributed by atoms with Crippen molar-refractivity contribution in [3.63, 3.8) is 0 Å². The van der Waals surface area contributed by atoms with Gasteiger partial charge < -0.3 is 10.1 Å². The minimum atomic E-state index is -0.337. The van der Waals surface area contributed by atoms with Crippen LogP contribution in [0.4, 0.5) is 0 Å². The van der Waals surface area contributed by atoms with E-state index in [1.165, 1.54) is 0 Å². The number of benzene rings is 1. The average Bonchev–Trinajstić information content (AvgIpc) is 2.69. The maximum absolute atomic E-state index is 12.4. The van der Waals surface area contributed by atoms with Crippen molar-refractivity contribution < 1.29 is 14.3 Å². The van der Waals surface area contributed by atoms with Gasteiger partial charge in [0.25, 0.3) is 5.91 Å². The Morgan fingerprint density at radius 2 is 2.15 bits per heavy atom. The van der Waals surface area contributed by atoms with Gasteiger partial charge in [-0.1, -0.05) is 12.1 Å². The molecular formula is C16H19NO3. The fourth-order valence-corrected chi connectivity index (χ4v) is 2.87. The molecule has 1 atom stereocenters. The van der Waals surface area contributed by atoms with E-state index in [2.05, 4.69) is 5.32 Å². The molecule has 1 aromatic carbocycles. The van der Waals surface area contributed by atoms with Gasteiger partial charge in [-0.3, -0.25) is 9.59 Å². The maximum Gasteiger partial charge on any atom is 0.251 e. The van der Waals surface area contributed by atoms with Crippen LogP contribution in [-0.4, -0.2) is 30.9 Å². The Labute approximate surface area is 118 Å². The lowest BCUT2D eigenvalue weighted by Crippen LogP contribution is -2.29. The molecule has 3 rings (SSSR count). The van der Waals surface area contributed by atoms with Crippen LogP contribution in [0.3, 0.4) is 0 Å². The second-order valence-electron chi connectivity index (χ2n) is 5.45. The van der Waals surface area contributed by atoms with E-state index in [1.54, 1.807) is 6.07 Å². The third kappa shape index (κ3) is 2.61. The monoisotopic (exact) mass is 273 g/mol. The van der Waals surface area contributed by atoms with Crippen LogP contribution in [0, 0.1) is 0 Å². The van der Waals surface area contributed by atoms with Gasteiger partial charge in [0.2, 0.25) is 0 Å². The first-order valence-corrected chi connectivity index (χ1v) is 7.32. The highest BCUT2D eigenvalue weighted by Gasteiger charge is 2.25. The van der Waals surface area contributed by atoms with Crippen LogP contribution in [0.25, 0.3) is 0 Å². The lowest BCUT2D eigenvalue weighted by Gasteiger charge is -2.21. The van der Waals surface area contributed by atoms with Crippen LogP contribution in [-0.2, 0) is 11.2 Å². The first-order chi connectivity index (χ1) is 9.75. The number of Topliss-reactive ketones (excluding diaryl/α,β-unsaturated/α-hetero) is 1. The van der Waals surface area contributed by atoms with Crippen molar-refractivity contribution in [2.45, 2.75) is 38.2 Å². The largest absolute Gasteiger partial charge is 0.370 e. The highest BCUT2D eigenvalue weighted by Crippen LogP contribution is 2.21. The smallest absolute Gasteiger partial charge is 0.251 e. The van der Waals surface area contributed by atoms with Crippen LogP contribution in [0.5, 0.6) is 0 Å². The summed E-state index contributed by atoms with van der Waals surface area (Å²) in [5.41, 5.74) is 2.26. The molecule has 4 heteroatoms. The molecular weight excluding hydrogens is 254 g/mol. The van der Waals surface area contributed by atoms with Crippen LogP contribution < -0.4 is 5.32 Å². The van der Waals surface area contributed by atoms with Crippen molar-refractivity contribution in [2.24, 2.45) is 0 Å². The van der Waals surface area contributed by atoms with Gasteiger partial charge in [0.15, 0.2) is 5.78 Å². The van der Waals surface area contributed by atoms with Gasteiger partial charge in [-0.25, -0.2) is 0 Å². The van der Waals surface area contributed by atoms with Gasteiger partial charge in [-0.15, -0.1) is 0 Å². The number of carbonyl (C=O) groups excluding carboxylic acids is 2. The molecule has 0 aliphatic carbocycles. The summed E-state index contributed by atoms with van der Waals surface area (Å²) in [5.74, 6) is -0.0683. The Morgan fingerprint density at radius 3 is 2.95 bits per heavy atom. The number of rotatable bonds is 2. The number of ether oxygens (including phenoxy) is 1. The van der Waals surface area contributed by atoms with Crippen molar-refractivity contribution in [3.8, 4) is 0 Å². The molecule has 2 aliphatic heterocycles. The summed E-state index contributed by atoms with van der Waals surface area (Å²) in [6.45, 7) is 1.35. The molecule has 0 aromatic heterocycles. The Balaban J connectivity index is 1.87. The molecule has 1 fully saturated rings. The topological polar surface area (TPSA) is 55.4 Å². The molecule has 20 heavy (non-hydrogen) atoms. The summed E-state index contributed by atoms with van der Waals surface area (Å²) in [6, 6.07) is 5.48. The van der Waals surface area contributed by atoms with Gasteiger partial charge >= 0.3 is 0 Å². The minimum absolute atomic E-state index is 0.00421. The number of hydrogen-bond acceptors (Lipinski definition) is 3. The molecule has 2 aliphatic rings. The standard InChI is InChI=1S/C16H19NO3/c18-15(14-5-1-2-9-20-14)12-7-6-11-4-3-8-17-16(19)13(11)10-12/h6-7,10,14H,1-5,8-9H2,(H,17,19). The summed E-state index contributed by atoms with van der Waals surface area (Å²) in [5, 5.41) is 2.86. The number of amides is 1. The zero-order chi connectivity index (χ0) is 13.9. The number of ketones is 1. The number of hydrogen-bond donors (Lipinski definition) is 1. The van der Waals surface area contributed by atoms with Crippen molar-refractivity contribution in [1.82, 2.24) is 5.32 Å². The van der Waals surface area contributed by atoms with Crippen LogP contribution in [0.15, 0.2) is 18.2 Å². The molecule has 0 radical (unpaired) electrons. The van der Waals surface area contributed by atoms with E-state index in [9.17, 15) is 9.59 Å². The third-order valence-electron chi connectivity index (χ3n) is 4.02. The molecule has 1 unspecified atom stereocenters. The van der Waals surface area contributed by atoms with Gasteiger partial charge in [0.05, 0.1) is 0 Å².